The van der Waals surface area contributed by atoms with Gasteiger partial charge in [0.2, 0.25) is 5.82 Å². The van der Waals surface area contributed by atoms with E-state index in [1.54, 1.807) is 0 Å². The third-order valence-electron chi connectivity index (χ3n) is 3.22. The first kappa shape index (κ1) is 14.6. The fourth-order valence-corrected chi connectivity index (χ4v) is 3.34. The van der Waals surface area contributed by atoms with Gasteiger partial charge in [0.1, 0.15) is 0 Å². The Morgan fingerprint density at radius 3 is 2.95 bits per heavy atom. The maximum atomic E-state index is 11.0. The van der Waals surface area contributed by atoms with Crippen LogP contribution in [-0.4, -0.2) is 38.0 Å². The van der Waals surface area contributed by atoms with Gasteiger partial charge in [0, 0.05) is 17.4 Å². The van der Waals surface area contributed by atoms with E-state index in [1.165, 1.54) is 6.07 Å². The van der Waals surface area contributed by atoms with E-state index in [1.807, 2.05) is 11.8 Å². The molecule has 1 saturated heterocycles. The molecule has 2 heterocycles. The van der Waals surface area contributed by atoms with Gasteiger partial charge in [-0.1, -0.05) is 0 Å². The number of hydrogen-bond donors (Lipinski definition) is 2. The highest BCUT2D eigenvalue weighted by atomic mass is 32.2. The second kappa shape index (κ2) is 5.66. The van der Waals surface area contributed by atoms with Crippen LogP contribution in [0.3, 0.4) is 0 Å². The molecule has 7 nitrogen and oxygen atoms in total. The topological polar surface area (TPSA) is 105 Å². The molecule has 0 saturated carbocycles. The number of nitrogens with one attached hydrogen (secondary N) is 1. The number of aromatic carboxylic acids is 1. The molecule has 0 aromatic carbocycles. The van der Waals surface area contributed by atoms with Crippen LogP contribution in [-0.2, 0) is 0 Å². The highest BCUT2D eigenvalue weighted by Gasteiger charge is 2.30. The normalized spacial score (nSPS) is 21.6. The van der Waals surface area contributed by atoms with Crippen molar-refractivity contribution in [2.45, 2.75) is 24.5 Å². The Morgan fingerprint density at radius 1 is 1.65 bits per heavy atom. The highest BCUT2D eigenvalue weighted by molar-refractivity contribution is 8.00. The molecule has 0 bridgehead atoms. The van der Waals surface area contributed by atoms with Crippen LogP contribution in [0, 0.1) is 10.1 Å². The Labute approximate surface area is 119 Å². The highest BCUT2D eigenvalue weighted by Crippen LogP contribution is 2.38. The number of anilines is 1. The van der Waals surface area contributed by atoms with Crippen molar-refractivity contribution in [2.24, 2.45) is 0 Å². The Bertz CT molecular complexity index is 544. The number of pyridine rings is 1. The molecule has 1 aromatic rings. The molecule has 0 spiro atoms. The molecule has 20 heavy (non-hydrogen) atoms. The monoisotopic (exact) mass is 297 g/mol. The van der Waals surface area contributed by atoms with Crippen LogP contribution in [0.2, 0.25) is 0 Å². The van der Waals surface area contributed by atoms with E-state index in [2.05, 4.69) is 17.2 Å². The second-order valence-electron chi connectivity index (χ2n) is 4.88. The Balaban J connectivity index is 2.21. The lowest BCUT2D eigenvalue weighted by molar-refractivity contribution is -0.384. The molecular formula is C12H15N3O4S. The van der Waals surface area contributed by atoms with Crippen LogP contribution in [0.4, 0.5) is 11.5 Å². The van der Waals surface area contributed by atoms with Crippen LogP contribution in [0.1, 0.15) is 30.3 Å². The minimum atomic E-state index is -1.20. The summed E-state index contributed by atoms with van der Waals surface area (Å²) < 4.78 is 0.00871. The van der Waals surface area contributed by atoms with Crippen molar-refractivity contribution in [3.63, 3.8) is 0 Å². The predicted molar refractivity (Wildman–Crippen MR) is 76.4 cm³/mol. The largest absolute Gasteiger partial charge is 0.477 e. The Hall–Kier alpha value is -1.83. The molecular weight excluding hydrogens is 282 g/mol. The van der Waals surface area contributed by atoms with Gasteiger partial charge in [0.05, 0.1) is 4.92 Å². The van der Waals surface area contributed by atoms with E-state index in [-0.39, 0.29) is 21.9 Å². The zero-order chi connectivity index (χ0) is 14.8. The van der Waals surface area contributed by atoms with Crippen LogP contribution < -0.4 is 5.32 Å². The summed E-state index contributed by atoms with van der Waals surface area (Å²) in [6, 6.07) is 2.31. The van der Waals surface area contributed by atoms with E-state index in [0.29, 0.717) is 6.54 Å². The Kier molecular flexibility index (Phi) is 4.12. The van der Waals surface area contributed by atoms with Crippen LogP contribution in [0.15, 0.2) is 12.1 Å². The SMILES string of the molecule is CC1(CNc2nc(C(=O)O)ccc2[N+](=O)[O-])CCCS1. The maximum Gasteiger partial charge on any atom is 0.354 e. The predicted octanol–water partition coefficient (Wildman–Crippen LogP) is 2.39. The first-order valence-electron chi connectivity index (χ1n) is 6.18. The minimum Gasteiger partial charge on any atom is -0.477 e. The fraction of sp³-hybridized carbons (Fsp3) is 0.500. The standard InChI is InChI=1S/C12H15N3O4S/c1-12(5-2-6-20-12)7-13-10-9(15(18)19)4-3-8(14-10)11(16)17/h3-4H,2,5-7H2,1H3,(H,13,14)(H,16,17). The number of rotatable bonds is 5. The zero-order valence-electron chi connectivity index (χ0n) is 11.0. The lowest BCUT2D eigenvalue weighted by atomic mass is 10.1. The van der Waals surface area contributed by atoms with Crippen molar-refractivity contribution in [3.05, 3.63) is 27.9 Å². The molecule has 2 N–H and O–H groups in total. The average molecular weight is 297 g/mol. The average Bonchev–Trinajstić information content (AvgIpc) is 2.83. The van der Waals surface area contributed by atoms with E-state index in [9.17, 15) is 14.9 Å². The van der Waals surface area contributed by atoms with Gasteiger partial charge in [-0.05, 0) is 31.6 Å². The van der Waals surface area contributed by atoms with Crippen LogP contribution >= 0.6 is 11.8 Å². The van der Waals surface area contributed by atoms with E-state index in [4.69, 9.17) is 5.11 Å². The molecule has 0 radical (unpaired) electrons. The fourth-order valence-electron chi connectivity index (χ4n) is 2.10. The van der Waals surface area contributed by atoms with Gasteiger partial charge in [-0.15, -0.1) is 0 Å². The summed E-state index contributed by atoms with van der Waals surface area (Å²) in [5.74, 6) is -0.115. The number of carboxylic acid groups (broad SMARTS) is 1. The molecule has 2 rings (SSSR count). The van der Waals surface area contributed by atoms with Crippen molar-refractivity contribution in [3.8, 4) is 0 Å². The summed E-state index contributed by atoms with van der Waals surface area (Å²) in [6.45, 7) is 2.61. The number of hydrogen-bond acceptors (Lipinski definition) is 6. The van der Waals surface area contributed by atoms with Gasteiger partial charge < -0.3 is 10.4 Å². The Morgan fingerprint density at radius 2 is 2.40 bits per heavy atom. The number of carboxylic acids is 1. The number of aromatic nitrogens is 1. The number of carbonyl (C=O) groups is 1. The van der Waals surface area contributed by atoms with Gasteiger partial charge >= 0.3 is 11.7 Å². The van der Waals surface area contributed by atoms with E-state index >= 15 is 0 Å². The van der Waals surface area contributed by atoms with E-state index in [0.717, 1.165) is 24.7 Å². The summed E-state index contributed by atoms with van der Waals surface area (Å²) in [7, 11) is 0. The van der Waals surface area contributed by atoms with Crippen LogP contribution in [0.5, 0.6) is 0 Å². The molecule has 108 valence electrons. The van der Waals surface area contributed by atoms with Gasteiger partial charge in [0.25, 0.3) is 0 Å². The van der Waals surface area contributed by atoms with Crippen molar-refractivity contribution < 1.29 is 14.8 Å². The first-order chi connectivity index (χ1) is 9.41. The maximum absolute atomic E-state index is 11.0. The summed E-state index contributed by atoms with van der Waals surface area (Å²) in [5, 5.41) is 22.8. The van der Waals surface area contributed by atoms with Crippen molar-refractivity contribution in [1.29, 1.82) is 0 Å². The molecule has 0 aliphatic carbocycles. The lowest BCUT2D eigenvalue weighted by Gasteiger charge is -2.23. The number of nitrogens with zero attached hydrogens (tertiary/aromatic N) is 2. The summed E-state index contributed by atoms with van der Waals surface area (Å²) in [6.07, 6.45) is 2.14. The third-order valence-corrected chi connectivity index (χ3v) is 4.76. The summed E-state index contributed by atoms with van der Waals surface area (Å²) in [5.41, 5.74) is -0.413. The smallest absolute Gasteiger partial charge is 0.354 e. The zero-order valence-corrected chi connectivity index (χ0v) is 11.8. The molecule has 1 unspecified atom stereocenters. The summed E-state index contributed by atoms with van der Waals surface area (Å²) >= 11 is 1.81. The second-order valence-corrected chi connectivity index (χ2v) is 6.56. The molecule has 1 atom stereocenters. The van der Waals surface area contributed by atoms with Crippen molar-refractivity contribution >= 4 is 29.2 Å². The van der Waals surface area contributed by atoms with Gasteiger partial charge in [-0.2, -0.15) is 11.8 Å². The molecule has 8 heteroatoms. The molecule has 0 amide bonds. The molecule has 1 aromatic heterocycles. The van der Waals surface area contributed by atoms with Crippen molar-refractivity contribution in [2.75, 3.05) is 17.6 Å². The molecule has 1 aliphatic rings. The molecule has 1 aliphatic heterocycles. The quantitative estimate of drug-likeness (QED) is 0.635. The third kappa shape index (κ3) is 3.19. The first-order valence-corrected chi connectivity index (χ1v) is 7.16. The minimum absolute atomic E-state index is 0.00871. The number of thioether (sulfide) groups is 1. The van der Waals surface area contributed by atoms with Gasteiger partial charge in [-0.25, -0.2) is 9.78 Å². The van der Waals surface area contributed by atoms with Gasteiger partial charge in [-0.3, -0.25) is 10.1 Å². The van der Waals surface area contributed by atoms with Crippen LogP contribution in [0.25, 0.3) is 0 Å². The lowest BCUT2D eigenvalue weighted by Crippen LogP contribution is -2.27. The van der Waals surface area contributed by atoms with Crippen molar-refractivity contribution in [1.82, 2.24) is 4.98 Å². The van der Waals surface area contributed by atoms with Gasteiger partial charge in [0.15, 0.2) is 5.69 Å². The van der Waals surface area contributed by atoms with E-state index < -0.39 is 10.9 Å². The summed E-state index contributed by atoms with van der Waals surface area (Å²) in [4.78, 5) is 25.1. The number of nitro groups is 1. The molecule has 1 fully saturated rings.